The second kappa shape index (κ2) is 6.16. The topological polar surface area (TPSA) is 12.0 Å². The average Bonchev–Trinajstić information content (AvgIpc) is 2.36. The van der Waals surface area contributed by atoms with Crippen LogP contribution in [0.3, 0.4) is 0 Å². The van der Waals surface area contributed by atoms with Crippen molar-refractivity contribution >= 4 is 31.9 Å². The first-order valence-electron chi connectivity index (χ1n) is 5.91. The van der Waals surface area contributed by atoms with Crippen LogP contribution in [0.5, 0.6) is 0 Å². The Morgan fingerprint density at radius 2 is 1.79 bits per heavy atom. The summed E-state index contributed by atoms with van der Waals surface area (Å²) in [6.07, 6.45) is 0. The smallest absolute Gasteiger partial charge is 0.123 e. The number of aryl methyl sites for hydroxylation is 1. The van der Waals surface area contributed by atoms with Crippen LogP contribution in [-0.4, -0.2) is 7.05 Å². The first-order chi connectivity index (χ1) is 9.02. The van der Waals surface area contributed by atoms with Gasteiger partial charge >= 0.3 is 0 Å². The van der Waals surface area contributed by atoms with Crippen LogP contribution in [0.2, 0.25) is 0 Å². The summed E-state index contributed by atoms with van der Waals surface area (Å²) in [7, 11) is 1.90. The third-order valence-corrected chi connectivity index (χ3v) is 4.32. The lowest BCUT2D eigenvalue weighted by molar-refractivity contribution is 0.621. The van der Waals surface area contributed by atoms with Gasteiger partial charge in [0, 0.05) is 8.95 Å². The fourth-order valence-electron chi connectivity index (χ4n) is 2.18. The normalized spacial score (nSPS) is 12.5. The van der Waals surface area contributed by atoms with Crippen LogP contribution in [0.25, 0.3) is 0 Å². The fraction of sp³-hybridized carbons (Fsp3) is 0.200. The van der Waals surface area contributed by atoms with Gasteiger partial charge in [0.1, 0.15) is 5.82 Å². The minimum absolute atomic E-state index is 0.0208. The summed E-state index contributed by atoms with van der Waals surface area (Å²) in [5, 5.41) is 3.29. The molecule has 0 aliphatic carbocycles. The molecular weight excluding hydrogens is 373 g/mol. The predicted molar refractivity (Wildman–Crippen MR) is 83.9 cm³/mol. The van der Waals surface area contributed by atoms with E-state index in [0.29, 0.717) is 0 Å². The van der Waals surface area contributed by atoms with Crippen molar-refractivity contribution < 1.29 is 4.39 Å². The van der Waals surface area contributed by atoms with Gasteiger partial charge in [0.15, 0.2) is 0 Å². The third kappa shape index (κ3) is 3.25. The van der Waals surface area contributed by atoms with E-state index in [1.54, 1.807) is 6.07 Å². The maximum Gasteiger partial charge on any atom is 0.123 e. The molecule has 19 heavy (non-hydrogen) atoms. The molecule has 0 saturated carbocycles. The van der Waals surface area contributed by atoms with Crippen molar-refractivity contribution in [2.75, 3.05) is 7.05 Å². The first kappa shape index (κ1) is 14.7. The molecule has 1 atom stereocenters. The van der Waals surface area contributed by atoms with Gasteiger partial charge in [-0.05, 0) is 61.0 Å². The summed E-state index contributed by atoms with van der Waals surface area (Å²) >= 11 is 7.06. The van der Waals surface area contributed by atoms with Gasteiger partial charge in [-0.2, -0.15) is 0 Å². The Hall–Kier alpha value is -0.710. The van der Waals surface area contributed by atoms with Crippen molar-refractivity contribution in [2.45, 2.75) is 13.0 Å². The van der Waals surface area contributed by atoms with Gasteiger partial charge in [-0.25, -0.2) is 4.39 Å². The number of halogens is 3. The minimum atomic E-state index is -0.204. The zero-order valence-electron chi connectivity index (χ0n) is 10.7. The van der Waals surface area contributed by atoms with E-state index in [9.17, 15) is 4.39 Å². The van der Waals surface area contributed by atoms with Gasteiger partial charge in [0.05, 0.1) is 6.04 Å². The van der Waals surface area contributed by atoms with E-state index in [1.165, 1.54) is 6.07 Å². The summed E-state index contributed by atoms with van der Waals surface area (Å²) in [5.74, 6) is -0.204. The molecule has 2 aromatic carbocycles. The summed E-state index contributed by atoms with van der Waals surface area (Å²) in [6.45, 7) is 1.93. The Bertz CT molecular complexity index is 599. The Balaban J connectivity index is 2.52. The summed E-state index contributed by atoms with van der Waals surface area (Å²) < 4.78 is 15.3. The highest BCUT2D eigenvalue weighted by atomic mass is 79.9. The lowest BCUT2D eigenvalue weighted by Crippen LogP contribution is -2.19. The molecule has 1 nitrogen and oxygen atoms in total. The second-order valence-corrected chi connectivity index (χ2v) is 6.16. The molecule has 0 aliphatic rings. The molecule has 0 fully saturated rings. The number of nitrogens with one attached hydrogen (secondary N) is 1. The lowest BCUT2D eigenvalue weighted by atomic mass is 9.95. The standard InChI is InChI=1S/C15H14Br2FN/c1-9-7-11(18)4-5-12(9)15(19-2)13-8-10(16)3-6-14(13)17/h3-8,15,19H,1-2H3. The van der Waals surface area contributed by atoms with Crippen molar-refractivity contribution in [2.24, 2.45) is 0 Å². The fourth-order valence-corrected chi connectivity index (χ4v) is 3.03. The molecule has 100 valence electrons. The molecule has 0 spiro atoms. The Morgan fingerprint density at radius 3 is 2.42 bits per heavy atom. The summed E-state index contributed by atoms with van der Waals surface area (Å²) in [4.78, 5) is 0. The monoisotopic (exact) mass is 385 g/mol. The van der Waals surface area contributed by atoms with Crippen LogP contribution in [0, 0.1) is 12.7 Å². The summed E-state index contributed by atoms with van der Waals surface area (Å²) in [5.41, 5.74) is 3.13. The van der Waals surface area contributed by atoms with Crippen LogP contribution in [-0.2, 0) is 0 Å². The molecule has 1 unspecified atom stereocenters. The van der Waals surface area contributed by atoms with Gasteiger partial charge in [-0.3, -0.25) is 0 Å². The number of hydrogen-bond donors (Lipinski definition) is 1. The van der Waals surface area contributed by atoms with E-state index < -0.39 is 0 Å². The SMILES string of the molecule is CNC(c1ccc(F)cc1C)c1cc(Br)ccc1Br. The number of benzene rings is 2. The lowest BCUT2D eigenvalue weighted by Gasteiger charge is -2.21. The highest BCUT2D eigenvalue weighted by molar-refractivity contribution is 9.11. The van der Waals surface area contributed by atoms with Gasteiger partial charge in [-0.15, -0.1) is 0 Å². The Kier molecular flexibility index (Phi) is 4.76. The van der Waals surface area contributed by atoms with Crippen LogP contribution < -0.4 is 5.32 Å². The molecule has 4 heteroatoms. The maximum atomic E-state index is 13.2. The molecule has 2 aromatic rings. The van der Waals surface area contributed by atoms with E-state index in [1.807, 2.05) is 32.2 Å². The summed E-state index contributed by atoms with van der Waals surface area (Å²) in [6, 6.07) is 11.0. The minimum Gasteiger partial charge on any atom is -0.309 e. The van der Waals surface area contributed by atoms with E-state index in [4.69, 9.17) is 0 Å². The van der Waals surface area contributed by atoms with E-state index in [0.717, 1.165) is 25.6 Å². The zero-order valence-corrected chi connectivity index (χ0v) is 13.8. The number of hydrogen-bond acceptors (Lipinski definition) is 1. The molecule has 0 aliphatic heterocycles. The van der Waals surface area contributed by atoms with Crippen LogP contribution in [0.1, 0.15) is 22.7 Å². The first-order valence-corrected chi connectivity index (χ1v) is 7.50. The van der Waals surface area contributed by atoms with Crippen LogP contribution >= 0.6 is 31.9 Å². The second-order valence-electron chi connectivity index (χ2n) is 4.39. The quantitative estimate of drug-likeness (QED) is 0.785. The highest BCUT2D eigenvalue weighted by Crippen LogP contribution is 2.32. The van der Waals surface area contributed by atoms with Crippen molar-refractivity contribution in [3.05, 3.63) is 67.9 Å². The van der Waals surface area contributed by atoms with E-state index in [2.05, 4.69) is 43.2 Å². The Morgan fingerprint density at radius 1 is 1.05 bits per heavy atom. The molecular formula is C15H14Br2FN. The molecule has 2 rings (SSSR count). The van der Waals surface area contributed by atoms with Crippen molar-refractivity contribution in [3.8, 4) is 0 Å². The molecule has 0 saturated heterocycles. The molecule has 0 radical (unpaired) electrons. The van der Waals surface area contributed by atoms with Crippen molar-refractivity contribution in [1.29, 1.82) is 0 Å². The molecule has 0 heterocycles. The van der Waals surface area contributed by atoms with E-state index in [-0.39, 0.29) is 11.9 Å². The largest absolute Gasteiger partial charge is 0.309 e. The van der Waals surface area contributed by atoms with Crippen molar-refractivity contribution in [3.63, 3.8) is 0 Å². The Labute approximate surface area is 129 Å². The third-order valence-electron chi connectivity index (χ3n) is 3.10. The zero-order chi connectivity index (χ0) is 14.0. The predicted octanol–water partition coefficient (Wildman–Crippen LogP) is 4.97. The van der Waals surface area contributed by atoms with E-state index >= 15 is 0 Å². The molecule has 0 aromatic heterocycles. The number of rotatable bonds is 3. The van der Waals surface area contributed by atoms with Gasteiger partial charge in [0.2, 0.25) is 0 Å². The van der Waals surface area contributed by atoms with Gasteiger partial charge in [-0.1, -0.05) is 37.9 Å². The van der Waals surface area contributed by atoms with Crippen LogP contribution in [0.15, 0.2) is 45.3 Å². The van der Waals surface area contributed by atoms with Crippen molar-refractivity contribution in [1.82, 2.24) is 5.32 Å². The maximum absolute atomic E-state index is 13.2. The van der Waals surface area contributed by atoms with Gasteiger partial charge < -0.3 is 5.32 Å². The van der Waals surface area contributed by atoms with Gasteiger partial charge in [0.25, 0.3) is 0 Å². The van der Waals surface area contributed by atoms with Crippen LogP contribution in [0.4, 0.5) is 4.39 Å². The molecule has 1 N–H and O–H groups in total. The highest BCUT2D eigenvalue weighted by Gasteiger charge is 2.17. The average molecular weight is 387 g/mol. The molecule has 0 amide bonds. The molecule has 0 bridgehead atoms.